The molecule has 17 heavy (non-hydrogen) atoms. The molecule has 0 bridgehead atoms. The summed E-state index contributed by atoms with van der Waals surface area (Å²) in [5.41, 5.74) is 6.36. The molecule has 0 aromatic heterocycles. The van der Waals surface area contributed by atoms with Crippen LogP contribution >= 0.6 is 11.8 Å². The number of piperidine rings is 1. The van der Waals surface area contributed by atoms with Crippen LogP contribution in [0, 0.1) is 0 Å². The van der Waals surface area contributed by atoms with Gasteiger partial charge in [-0.15, -0.1) is 0 Å². The summed E-state index contributed by atoms with van der Waals surface area (Å²) in [6, 6.07) is 0.697. The first-order valence-electron chi connectivity index (χ1n) is 6.80. The second-order valence-electron chi connectivity index (χ2n) is 5.92. The minimum absolute atomic E-state index is 0.257. The van der Waals surface area contributed by atoms with Crippen LogP contribution in [0.1, 0.15) is 26.2 Å². The summed E-state index contributed by atoms with van der Waals surface area (Å²) in [7, 11) is 4.54. The van der Waals surface area contributed by atoms with Crippen LogP contribution < -0.4 is 5.73 Å². The summed E-state index contributed by atoms with van der Waals surface area (Å²) in [5.74, 6) is 1.21. The summed E-state index contributed by atoms with van der Waals surface area (Å²) in [6.07, 6.45) is 3.92. The zero-order valence-electron chi connectivity index (χ0n) is 11.5. The Labute approximate surface area is 110 Å². The third kappa shape index (κ3) is 2.80. The number of likely N-dealkylation sites (N-methyl/N-ethyl adjacent to an activating group) is 2. The van der Waals surface area contributed by atoms with Gasteiger partial charge in [-0.3, -0.25) is 4.90 Å². The first-order chi connectivity index (χ1) is 8.07. The van der Waals surface area contributed by atoms with Gasteiger partial charge in [-0.05, 0) is 39.9 Å². The van der Waals surface area contributed by atoms with Gasteiger partial charge in [0, 0.05) is 35.7 Å². The van der Waals surface area contributed by atoms with Crippen LogP contribution in [-0.2, 0) is 0 Å². The van der Waals surface area contributed by atoms with Crippen molar-refractivity contribution in [3.63, 3.8) is 0 Å². The molecule has 0 spiro atoms. The van der Waals surface area contributed by atoms with Crippen molar-refractivity contribution >= 4 is 11.8 Å². The van der Waals surface area contributed by atoms with Crippen LogP contribution in [0.4, 0.5) is 0 Å². The average molecular weight is 257 g/mol. The Bertz CT molecular complexity index is 261. The Morgan fingerprint density at radius 3 is 2.82 bits per heavy atom. The maximum Gasteiger partial charge on any atom is 0.0432 e. The maximum absolute atomic E-state index is 6.10. The Morgan fingerprint density at radius 2 is 2.29 bits per heavy atom. The lowest BCUT2D eigenvalue weighted by Crippen LogP contribution is -2.59. The molecule has 4 heteroatoms. The Morgan fingerprint density at radius 1 is 1.53 bits per heavy atom. The molecule has 0 amide bonds. The summed E-state index contributed by atoms with van der Waals surface area (Å²) in [5, 5.41) is 0.766. The maximum atomic E-state index is 6.10. The SMILES string of the molecule is CC1CC(CN)(N(C)C2CCCN(C)C2)CS1. The van der Waals surface area contributed by atoms with E-state index in [0.29, 0.717) is 6.04 Å². The Hall–Kier alpha value is 0.230. The Balaban J connectivity index is 2.04. The van der Waals surface area contributed by atoms with E-state index in [4.69, 9.17) is 5.73 Å². The number of nitrogens with two attached hydrogens (primary N) is 1. The smallest absolute Gasteiger partial charge is 0.0432 e. The van der Waals surface area contributed by atoms with Crippen molar-refractivity contribution in [2.45, 2.75) is 43.0 Å². The molecule has 2 rings (SSSR count). The highest BCUT2D eigenvalue weighted by atomic mass is 32.2. The molecule has 3 nitrogen and oxygen atoms in total. The van der Waals surface area contributed by atoms with Crippen molar-refractivity contribution in [1.82, 2.24) is 9.80 Å². The van der Waals surface area contributed by atoms with Gasteiger partial charge in [-0.2, -0.15) is 11.8 Å². The largest absolute Gasteiger partial charge is 0.329 e. The van der Waals surface area contributed by atoms with Crippen LogP contribution in [0.5, 0.6) is 0 Å². The molecule has 2 N–H and O–H groups in total. The first kappa shape index (κ1) is 13.7. The van der Waals surface area contributed by atoms with Crippen molar-refractivity contribution < 1.29 is 0 Å². The van der Waals surface area contributed by atoms with E-state index in [1.165, 1.54) is 38.1 Å². The van der Waals surface area contributed by atoms with E-state index in [1.807, 2.05) is 0 Å². The van der Waals surface area contributed by atoms with Gasteiger partial charge < -0.3 is 10.6 Å². The highest BCUT2D eigenvalue weighted by Crippen LogP contribution is 2.39. The molecule has 0 aromatic carbocycles. The van der Waals surface area contributed by atoms with Crippen molar-refractivity contribution in [3.8, 4) is 0 Å². The quantitative estimate of drug-likeness (QED) is 0.824. The van der Waals surface area contributed by atoms with Gasteiger partial charge in [0.05, 0.1) is 0 Å². The van der Waals surface area contributed by atoms with E-state index in [1.54, 1.807) is 0 Å². The molecular weight excluding hydrogens is 230 g/mol. The topological polar surface area (TPSA) is 32.5 Å². The van der Waals surface area contributed by atoms with Gasteiger partial charge in [-0.1, -0.05) is 6.92 Å². The van der Waals surface area contributed by atoms with E-state index >= 15 is 0 Å². The molecule has 100 valence electrons. The summed E-state index contributed by atoms with van der Waals surface area (Å²) >= 11 is 2.09. The number of thioether (sulfide) groups is 1. The van der Waals surface area contributed by atoms with Crippen molar-refractivity contribution in [1.29, 1.82) is 0 Å². The van der Waals surface area contributed by atoms with Gasteiger partial charge in [0.2, 0.25) is 0 Å². The van der Waals surface area contributed by atoms with Crippen LogP contribution in [-0.4, -0.2) is 66.1 Å². The van der Waals surface area contributed by atoms with E-state index in [-0.39, 0.29) is 5.54 Å². The summed E-state index contributed by atoms with van der Waals surface area (Å²) in [4.78, 5) is 5.07. The molecule has 2 fully saturated rings. The zero-order chi connectivity index (χ0) is 12.5. The molecular formula is C13H27N3S. The highest BCUT2D eigenvalue weighted by molar-refractivity contribution is 8.00. The fraction of sp³-hybridized carbons (Fsp3) is 1.00. The summed E-state index contributed by atoms with van der Waals surface area (Å²) < 4.78 is 0. The number of hydrogen-bond acceptors (Lipinski definition) is 4. The van der Waals surface area contributed by atoms with Crippen LogP contribution in [0.3, 0.4) is 0 Å². The van der Waals surface area contributed by atoms with Gasteiger partial charge in [0.25, 0.3) is 0 Å². The molecule has 0 radical (unpaired) electrons. The van der Waals surface area contributed by atoms with E-state index < -0.39 is 0 Å². The predicted molar refractivity (Wildman–Crippen MR) is 76.6 cm³/mol. The van der Waals surface area contributed by atoms with Crippen molar-refractivity contribution in [3.05, 3.63) is 0 Å². The first-order valence-corrected chi connectivity index (χ1v) is 7.85. The van der Waals surface area contributed by atoms with Crippen LogP contribution in [0.15, 0.2) is 0 Å². The zero-order valence-corrected chi connectivity index (χ0v) is 12.3. The number of likely N-dealkylation sites (tertiary alicyclic amines) is 1. The molecule has 3 atom stereocenters. The standard InChI is InChI=1S/C13H27N3S/c1-11-7-13(9-14,10-17-11)16(3)12-5-4-6-15(2)8-12/h11-12H,4-10,14H2,1-3H3. The lowest BCUT2D eigenvalue weighted by Gasteiger charge is -2.45. The lowest BCUT2D eigenvalue weighted by atomic mass is 9.91. The van der Waals surface area contributed by atoms with E-state index in [0.717, 1.165) is 11.8 Å². The monoisotopic (exact) mass is 257 g/mol. The van der Waals surface area contributed by atoms with Gasteiger partial charge in [0.1, 0.15) is 0 Å². The molecule has 0 aromatic rings. The number of nitrogens with zero attached hydrogens (tertiary/aromatic N) is 2. The molecule has 0 aliphatic carbocycles. The van der Waals surface area contributed by atoms with E-state index in [9.17, 15) is 0 Å². The second-order valence-corrected chi connectivity index (χ2v) is 7.35. The predicted octanol–water partition coefficient (Wildman–Crippen LogP) is 1.24. The van der Waals surface area contributed by atoms with Crippen LogP contribution in [0.25, 0.3) is 0 Å². The van der Waals surface area contributed by atoms with Crippen molar-refractivity contribution in [2.24, 2.45) is 5.73 Å². The van der Waals surface area contributed by atoms with Crippen LogP contribution in [0.2, 0.25) is 0 Å². The molecule has 2 aliphatic rings. The minimum atomic E-state index is 0.257. The fourth-order valence-electron chi connectivity index (χ4n) is 3.32. The third-order valence-corrected chi connectivity index (χ3v) is 6.02. The lowest BCUT2D eigenvalue weighted by molar-refractivity contribution is 0.0507. The van der Waals surface area contributed by atoms with E-state index in [2.05, 4.69) is 42.6 Å². The molecule has 3 unspecified atom stereocenters. The van der Waals surface area contributed by atoms with Crippen molar-refractivity contribution in [2.75, 3.05) is 39.5 Å². The normalized spacial score (nSPS) is 40.1. The molecule has 2 aliphatic heterocycles. The summed E-state index contributed by atoms with van der Waals surface area (Å²) in [6.45, 7) is 5.60. The molecule has 0 saturated carbocycles. The minimum Gasteiger partial charge on any atom is -0.329 e. The molecule has 2 saturated heterocycles. The Kier molecular flexibility index (Phi) is 4.40. The van der Waals surface area contributed by atoms with Gasteiger partial charge in [0.15, 0.2) is 0 Å². The third-order valence-electron chi connectivity index (χ3n) is 4.58. The highest BCUT2D eigenvalue weighted by Gasteiger charge is 2.43. The average Bonchev–Trinajstić information content (AvgIpc) is 2.71. The van der Waals surface area contributed by atoms with Gasteiger partial charge in [-0.25, -0.2) is 0 Å². The van der Waals surface area contributed by atoms with Gasteiger partial charge >= 0.3 is 0 Å². The fourth-order valence-corrected chi connectivity index (χ4v) is 4.79. The number of hydrogen-bond donors (Lipinski definition) is 1. The second kappa shape index (κ2) is 5.47. The molecule has 2 heterocycles. The number of rotatable bonds is 3.